The summed E-state index contributed by atoms with van der Waals surface area (Å²) >= 11 is 0. The number of carbonyl (C=O) groups is 1. The Bertz CT molecular complexity index is 148. The van der Waals surface area contributed by atoms with Crippen LogP contribution in [0.2, 0.25) is 0 Å². The second-order valence-electron chi connectivity index (χ2n) is 3.21. The fourth-order valence-corrected chi connectivity index (χ4v) is 0.815. The number of ether oxygens (including phenoxy) is 2. The number of methoxy groups -OCH3 is 2. The predicted molar refractivity (Wildman–Crippen MR) is 50.5 cm³/mol. The van der Waals surface area contributed by atoms with Gasteiger partial charge >= 0.3 is 0 Å². The van der Waals surface area contributed by atoms with Crippen LogP contribution in [0.3, 0.4) is 0 Å². The van der Waals surface area contributed by atoms with Crippen molar-refractivity contribution in [3.8, 4) is 0 Å². The molecule has 0 rings (SSSR count). The highest BCUT2D eigenvalue weighted by Crippen LogP contribution is 1.93. The van der Waals surface area contributed by atoms with Crippen LogP contribution >= 0.6 is 0 Å². The Kier molecular flexibility index (Phi) is 6.54. The van der Waals surface area contributed by atoms with E-state index in [1.54, 1.807) is 14.2 Å². The lowest BCUT2D eigenvalue weighted by atomic mass is 10.2. The smallest absolute Gasteiger partial charge is 0.222 e. The monoisotopic (exact) mass is 189 g/mol. The molecule has 0 saturated carbocycles. The topological polar surface area (TPSA) is 47.6 Å². The van der Waals surface area contributed by atoms with Crippen LogP contribution in [0.4, 0.5) is 0 Å². The van der Waals surface area contributed by atoms with E-state index in [9.17, 15) is 4.79 Å². The summed E-state index contributed by atoms with van der Waals surface area (Å²) in [4.78, 5) is 11.2. The molecule has 78 valence electrons. The number of hydrogen-bond donors (Lipinski definition) is 1. The van der Waals surface area contributed by atoms with Gasteiger partial charge in [-0.05, 0) is 0 Å². The van der Waals surface area contributed by atoms with Gasteiger partial charge < -0.3 is 14.8 Å². The third-order valence-electron chi connectivity index (χ3n) is 1.71. The predicted octanol–water partition coefficient (Wildman–Crippen LogP) is 0.420. The molecule has 1 N–H and O–H groups in total. The van der Waals surface area contributed by atoms with Crippen molar-refractivity contribution in [3.63, 3.8) is 0 Å². The zero-order chi connectivity index (χ0) is 10.3. The molecular formula is C9H19NO3. The van der Waals surface area contributed by atoms with E-state index in [1.807, 2.05) is 13.8 Å². The van der Waals surface area contributed by atoms with Crippen molar-refractivity contribution >= 4 is 5.91 Å². The summed E-state index contributed by atoms with van der Waals surface area (Å²) in [6, 6.07) is 0. The quantitative estimate of drug-likeness (QED) is 0.658. The SMILES string of the molecule is COCC(CNC(=O)C(C)C)OC. The fraction of sp³-hybridized carbons (Fsp3) is 0.889. The fourth-order valence-electron chi connectivity index (χ4n) is 0.815. The van der Waals surface area contributed by atoms with Crippen molar-refractivity contribution in [1.82, 2.24) is 5.32 Å². The van der Waals surface area contributed by atoms with E-state index in [2.05, 4.69) is 5.32 Å². The first-order valence-electron chi connectivity index (χ1n) is 4.41. The Morgan fingerprint density at radius 1 is 1.38 bits per heavy atom. The van der Waals surface area contributed by atoms with Crippen LogP contribution in [0, 0.1) is 5.92 Å². The van der Waals surface area contributed by atoms with Crippen LogP contribution in [0.25, 0.3) is 0 Å². The molecule has 1 unspecified atom stereocenters. The molecule has 0 bridgehead atoms. The number of amides is 1. The van der Waals surface area contributed by atoms with Gasteiger partial charge in [-0.2, -0.15) is 0 Å². The van der Waals surface area contributed by atoms with Crippen molar-refractivity contribution < 1.29 is 14.3 Å². The first-order chi connectivity index (χ1) is 6.11. The van der Waals surface area contributed by atoms with Gasteiger partial charge in [-0.15, -0.1) is 0 Å². The van der Waals surface area contributed by atoms with Gasteiger partial charge in [0.1, 0.15) is 0 Å². The molecule has 0 aliphatic carbocycles. The normalized spacial score (nSPS) is 13.0. The molecule has 0 aliphatic rings. The van der Waals surface area contributed by atoms with Crippen LogP contribution in [0.1, 0.15) is 13.8 Å². The van der Waals surface area contributed by atoms with Crippen molar-refractivity contribution in [2.45, 2.75) is 20.0 Å². The summed E-state index contributed by atoms with van der Waals surface area (Å²) in [5, 5.41) is 2.77. The van der Waals surface area contributed by atoms with Crippen molar-refractivity contribution in [1.29, 1.82) is 0 Å². The minimum Gasteiger partial charge on any atom is -0.382 e. The molecule has 0 spiro atoms. The summed E-state index contributed by atoms with van der Waals surface area (Å²) in [7, 11) is 3.21. The first kappa shape index (κ1) is 12.4. The van der Waals surface area contributed by atoms with Gasteiger partial charge in [-0.25, -0.2) is 0 Å². The standard InChI is InChI=1S/C9H19NO3/c1-7(2)9(11)10-5-8(13-4)6-12-3/h7-8H,5-6H2,1-4H3,(H,10,11). The van der Waals surface area contributed by atoms with E-state index in [4.69, 9.17) is 9.47 Å². The number of carbonyl (C=O) groups excluding carboxylic acids is 1. The van der Waals surface area contributed by atoms with Gasteiger partial charge in [0, 0.05) is 26.7 Å². The van der Waals surface area contributed by atoms with E-state index in [0.29, 0.717) is 13.2 Å². The summed E-state index contributed by atoms with van der Waals surface area (Å²) in [5.41, 5.74) is 0. The molecule has 0 radical (unpaired) electrons. The molecule has 0 aromatic rings. The van der Waals surface area contributed by atoms with E-state index in [-0.39, 0.29) is 17.9 Å². The maximum absolute atomic E-state index is 11.2. The summed E-state index contributed by atoms with van der Waals surface area (Å²) in [6.07, 6.45) is -0.0623. The number of nitrogens with one attached hydrogen (secondary N) is 1. The number of rotatable bonds is 6. The first-order valence-corrected chi connectivity index (χ1v) is 4.41. The zero-order valence-electron chi connectivity index (χ0n) is 8.79. The van der Waals surface area contributed by atoms with Gasteiger partial charge in [-0.3, -0.25) is 4.79 Å². The number of hydrogen-bond acceptors (Lipinski definition) is 3. The highest BCUT2D eigenvalue weighted by atomic mass is 16.5. The average molecular weight is 189 g/mol. The Hall–Kier alpha value is -0.610. The molecule has 0 heterocycles. The Labute approximate surface area is 79.6 Å². The molecule has 0 fully saturated rings. The second kappa shape index (κ2) is 6.86. The minimum atomic E-state index is -0.0623. The lowest BCUT2D eigenvalue weighted by molar-refractivity contribution is -0.124. The minimum absolute atomic E-state index is 0.0139. The lowest BCUT2D eigenvalue weighted by Crippen LogP contribution is -2.37. The Morgan fingerprint density at radius 3 is 2.38 bits per heavy atom. The van der Waals surface area contributed by atoms with Gasteiger partial charge in [0.25, 0.3) is 0 Å². The van der Waals surface area contributed by atoms with Crippen LogP contribution in [0.5, 0.6) is 0 Å². The van der Waals surface area contributed by atoms with Crippen LogP contribution in [0.15, 0.2) is 0 Å². The highest BCUT2D eigenvalue weighted by molar-refractivity contribution is 5.77. The van der Waals surface area contributed by atoms with E-state index in [0.717, 1.165) is 0 Å². The molecule has 13 heavy (non-hydrogen) atoms. The third-order valence-corrected chi connectivity index (χ3v) is 1.71. The Balaban J connectivity index is 3.65. The maximum atomic E-state index is 11.2. The molecule has 1 atom stereocenters. The summed E-state index contributed by atoms with van der Waals surface area (Å²) in [6.45, 7) is 4.71. The van der Waals surface area contributed by atoms with Gasteiger partial charge in [0.15, 0.2) is 0 Å². The van der Waals surface area contributed by atoms with E-state index in [1.165, 1.54) is 0 Å². The van der Waals surface area contributed by atoms with Crippen LogP contribution < -0.4 is 5.32 Å². The van der Waals surface area contributed by atoms with E-state index < -0.39 is 0 Å². The van der Waals surface area contributed by atoms with Gasteiger partial charge in [-0.1, -0.05) is 13.8 Å². The largest absolute Gasteiger partial charge is 0.382 e. The van der Waals surface area contributed by atoms with Gasteiger partial charge in [0.05, 0.1) is 12.7 Å². The zero-order valence-corrected chi connectivity index (χ0v) is 8.79. The van der Waals surface area contributed by atoms with Crippen molar-refractivity contribution in [2.24, 2.45) is 5.92 Å². The summed E-state index contributed by atoms with van der Waals surface area (Å²) < 4.78 is 9.99. The highest BCUT2D eigenvalue weighted by Gasteiger charge is 2.10. The second-order valence-corrected chi connectivity index (χ2v) is 3.21. The van der Waals surface area contributed by atoms with Crippen molar-refractivity contribution in [3.05, 3.63) is 0 Å². The molecule has 4 heteroatoms. The average Bonchev–Trinajstić information content (AvgIpc) is 2.11. The summed E-state index contributed by atoms with van der Waals surface area (Å²) in [5.74, 6) is 0.0539. The maximum Gasteiger partial charge on any atom is 0.222 e. The molecule has 0 saturated heterocycles. The third kappa shape index (κ3) is 5.60. The molecular weight excluding hydrogens is 170 g/mol. The van der Waals surface area contributed by atoms with Crippen LogP contribution in [-0.2, 0) is 14.3 Å². The lowest BCUT2D eigenvalue weighted by Gasteiger charge is -2.15. The molecule has 0 aliphatic heterocycles. The van der Waals surface area contributed by atoms with Crippen LogP contribution in [-0.4, -0.2) is 39.4 Å². The van der Waals surface area contributed by atoms with Crippen molar-refractivity contribution in [2.75, 3.05) is 27.4 Å². The Morgan fingerprint density at radius 2 is 2.00 bits per heavy atom. The van der Waals surface area contributed by atoms with Gasteiger partial charge in [0.2, 0.25) is 5.91 Å². The molecule has 1 amide bonds. The molecule has 0 aromatic heterocycles. The molecule has 4 nitrogen and oxygen atoms in total. The molecule has 0 aromatic carbocycles. The van der Waals surface area contributed by atoms with E-state index >= 15 is 0 Å².